The maximum Gasteiger partial charge on any atom is 0.329 e. The van der Waals surface area contributed by atoms with Gasteiger partial charge in [0.25, 0.3) is 0 Å². The van der Waals surface area contributed by atoms with Crippen molar-refractivity contribution in [1.82, 2.24) is 0 Å². The van der Waals surface area contributed by atoms with E-state index in [0.717, 1.165) is 11.1 Å². The summed E-state index contributed by atoms with van der Waals surface area (Å²) in [5.41, 5.74) is 2.26. The summed E-state index contributed by atoms with van der Waals surface area (Å²) in [5, 5.41) is -0.629. The van der Waals surface area contributed by atoms with Gasteiger partial charge in [-0.3, -0.25) is 4.79 Å². The Labute approximate surface area is 191 Å². The van der Waals surface area contributed by atoms with Crippen LogP contribution in [0, 0.1) is 5.92 Å². The molecule has 0 amide bonds. The highest BCUT2D eigenvalue weighted by Crippen LogP contribution is 2.27. The molecule has 0 aliphatic carbocycles. The fourth-order valence-corrected chi connectivity index (χ4v) is 4.11. The van der Waals surface area contributed by atoms with Crippen LogP contribution in [0.4, 0.5) is 0 Å². The van der Waals surface area contributed by atoms with E-state index in [1.165, 1.54) is 55.6 Å². The Balaban J connectivity index is 1.77. The van der Waals surface area contributed by atoms with Crippen molar-refractivity contribution in [3.8, 4) is 16.9 Å². The number of benzene rings is 2. The molecule has 4 heteroatoms. The zero-order valence-electron chi connectivity index (χ0n) is 18.5. The van der Waals surface area contributed by atoms with Crippen LogP contribution in [0.25, 0.3) is 11.1 Å². The molecule has 0 saturated carbocycles. The summed E-state index contributed by atoms with van der Waals surface area (Å²) in [5.74, 6) is 1.35. The molecule has 2 aromatic carbocycles. The van der Waals surface area contributed by atoms with E-state index in [1.807, 2.05) is 49.9 Å². The molecule has 164 valence electrons. The Bertz CT molecular complexity index is 741. The minimum atomic E-state index is -0.629. The SMILES string of the molecule is CCCCCCCCCSc1ccc(-c2ccc(OC(=O)[C@@H](Cl)C(C)C)cc2)cc1. The molecule has 0 fully saturated rings. The van der Waals surface area contributed by atoms with E-state index in [-0.39, 0.29) is 5.92 Å². The zero-order chi connectivity index (χ0) is 21.8. The van der Waals surface area contributed by atoms with Gasteiger partial charge in [-0.15, -0.1) is 23.4 Å². The summed E-state index contributed by atoms with van der Waals surface area (Å²) in [6, 6.07) is 16.3. The van der Waals surface area contributed by atoms with Gasteiger partial charge in [-0.05, 0) is 53.5 Å². The summed E-state index contributed by atoms with van der Waals surface area (Å²) in [6.07, 6.45) is 9.46. The molecule has 0 bridgehead atoms. The van der Waals surface area contributed by atoms with Crippen molar-refractivity contribution in [2.45, 2.75) is 76.0 Å². The second-order valence-corrected chi connectivity index (χ2v) is 9.72. The van der Waals surface area contributed by atoms with Gasteiger partial charge in [-0.1, -0.05) is 83.6 Å². The lowest BCUT2D eigenvalue weighted by atomic mass is 10.1. The third-order valence-electron chi connectivity index (χ3n) is 5.09. The standard InChI is InChI=1S/C26H35ClO2S/c1-4-5-6-7-8-9-10-19-30-24-17-13-22(14-18-24)21-11-15-23(16-12-21)29-26(28)25(27)20(2)3/h11-18,20,25H,4-10,19H2,1-3H3/t25-/m0/s1. The first-order chi connectivity index (χ1) is 14.5. The molecule has 2 nitrogen and oxygen atoms in total. The van der Waals surface area contributed by atoms with E-state index < -0.39 is 11.3 Å². The van der Waals surface area contributed by atoms with E-state index >= 15 is 0 Å². The molecular weight excluding hydrogens is 412 g/mol. The smallest absolute Gasteiger partial charge is 0.329 e. The molecule has 2 rings (SSSR count). The van der Waals surface area contributed by atoms with E-state index in [2.05, 4.69) is 31.2 Å². The second kappa shape index (κ2) is 13.8. The lowest BCUT2D eigenvalue weighted by molar-refractivity contribution is -0.134. The molecule has 0 aromatic heterocycles. The molecule has 0 N–H and O–H groups in total. The van der Waals surface area contributed by atoms with Crippen LogP contribution in [0.2, 0.25) is 0 Å². The van der Waals surface area contributed by atoms with Crippen molar-refractivity contribution >= 4 is 29.3 Å². The topological polar surface area (TPSA) is 26.3 Å². The molecule has 0 aliphatic rings. The van der Waals surface area contributed by atoms with Gasteiger partial charge in [0.15, 0.2) is 0 Å². The van der Waals surface area contributed by atoms with E-state index in [4.69, 9.17) is 16.3 Å². The van der Waals surface area contributed by atoms with Crippen LogP contribution in [0.15, 0.2) is 53.4 Å². The van der Waals surface area contributed by atoms with Crippen molar-refractivity contribution in [2.24, 2.45) is 5.92 Å². The van der Waals surface area contributed by atoms with Gasteiger partial charge in [0, 0.05) is 4.90 Å². The quantitative estimate of drug-likeness (QED) is 0.102. The first-order valence-electron chi connectivity index (χ1n) is 11.2. The molecule has 0 saturated heterocycles. The van der Waals surface area contributed by atoms with E-state index in [9.17, 15) is 4.79 Å². The van der Waals surface area contributed by atoms with Gasteiger partial charge < -0.3 is 4.74 Å². The molecule has 2 aromatic rings. The van der Waals surface area contributed by atoms with Crippen LogP contribution >= 0.6 is 23.4 Å². The third kappa shape index (κ3) is 8.73. The van der Waals surface area contributed by atoms with Crippen LogP contribution in [0.1, 0.15) is 65.7 Å². The first-order valence-corrected chi connectivity index (χ1v) is 12.6. The number of esters is 1. The van der Waals surface area contributed by atoms with Crippen LogP contribution in [0.5, 0.6) is 5.75 Å². The lowest BCUT2D eigenvalue weighted by Gasteiger charge is -2.12. The van der Waals surface area contributed by atoms with Gasteiger partial charge in [-0.25, -0.2) is 0 Å². The van der Waals surface area contributed by atoms with Crippen LogP contribution < -0.4 is 4.74 Å². The molecule has 0 spiro atoms. The number of carbonyl (C=O) groups is 1. The first kappa shape index (κ1) is 24.8. The van der Waals surface area contributed by atoms with Gasteiger partial charge in [0.1, 0.15) is 11.1 Å². The molecule has 0 heterocycles. The predicted octanol–water partition coefficient (Wildman–Crippen LogP) is 8.37. The number of hydrogen-bond donors (Lipinski definition) is 0. The summed E-state index contributed by atoms with van der Waals surface area (Å²) in [4.78, 5) is 13.3. The summed E-state index contributed by atoms with van der Waals surface area (Å²) in [7, 11) is 0. The Morgan fingerprint density at radius 1 is 0.867 bits per heavy atom. The van der Waals surface area contributed by atoms with E-state index in [0.29, 0.717) is 5.75 Å². The van der Waals surface area contributed by atoms with Gasteiger partial charge in [0.05, 0.1) is 0 Å². The van der Waals surface area contributed by atoms with Gasteiger partial charge in [-0.2, -0.15) is 0 Å². The number of thioether (sulfide) groups is 1. The number of halogens is 1. The Morgan fingerprint density at radius 3 is 1.97 bits per heavy atom. The largest absolute Gasteiger partial charge is 0.425 e. The van der Waals surface area contributed by atoms with Crippen LogP contribution in [-0.2, 0) is 4.79 Å². The van der Waals surface area contributed by atoms with Crippen LogP contribution in [-0.4, -0.2) is 17.1 Å². The number of unbranched alkanes of at least 4 members (excludes halogenated alkanes) is 6. The number of carbonyl (C=O) groups excluding carboxylic acids is 1. The molecule has 0 unspecified atom stereocenters. The number of ether oxygens (including phenoxy) is 1. The summed E-state index contributed by atoms with van der Waals surface area (Å²) < 4.78 is 5.36. The summed E-state index contributed by atoms with van der Waals surface area (Å²) >= 11 is 8.00. The number of alkyl halides is 1. The van der Waals surface area contributed by atoms with Gasteiger partial charge >= 0.3 is 5.97 Å². The van der Waals surface area contributed by atoms with E-state index in [1.54, 1.807) is 0 Å². The fourth-order valence-electron chi connectivity index (χ4n) is 3.15. The van der Waals surface area contributed by atoms with Crippen LogP contribution in [0.3, 0.4) is 0 Å². The van der Waals surface area contributed by atoms with Gasteiger partial charge in [0.2, 0.25) is 0 Å². The highest BCUT2D eigenvalue weighted by atomic mass is 35.5. The summed E-state index contributed by atoms with van der Waals surface area (Å²) in [6.45, 7) is 6.07. The molecule has 0 aliphatic heterocycles. The number of rotatable bonds is 13. The molecule has 1 atom stereocenters. The lowest BCUT2D eigenvalue weighted by Crippen LogP contribution is -2.25. The molecular formula is C26H35ClO2S. The zero-order valence-corrected chi connectivity index (χ0v) is 20.1. The van der Waals surface area contributed by atoms with Crippen molar-refractivity contribution in [3.05, 3.63) is 48.5 Å². The monoisotopic (exact) mass is 446 g/mol. The average Bonchev–Trinajstić information content (AvgIpc) is 2.76. The second-order valence-electron chi connectivity index (χ2n) is 8.09. The van der Waals surface area contributed by atoms with Crippen molar-refractivity contribution < 1.29 is 9.53 Å². The normalized spacial score (nSPS) is 12.2. The maximum atomic E-state index is 12.0. The highest BCUT2D eigenvalue weighted by molar-refractivity contribution is 7.99. The highest BCUT2D eigenvalue weighted by Gasteiger charge is 2.21. The average molecular weight is 447 g/mol. The Kier molecular flexibility index (Phi) is 11.4. The van der Waals surface area contributed by atoms with Crippen molar-refractivity contribution in [1.29, 1.82) is 0 Å². The molecule has 30 heavy (non-hydrogen) atoms. The van der Waals surface area contributed by atoms with Crippen molar-refractivity contribution in [3.63, 3.8) is 0 Å². The van der Waals surface area contributed by atoms with Crippen molar-refractivity contribution in [2.75, 3.05) is 5.75 Å². The maximum absolute atomic E-state index is 12.0. The fraction of sp³-hybridized carbons (Fsp3) is 0.500. The molecule has 0 radical (unpaired) electrons. The third-order valence-corrected chi connectivity index (χ3v) is 6.87. The Morgan fingerprint density at radius 2 is 1.40 bits per heavy atom. The minimum absolute atomic E-state index is 0.0422. The minimum Gasteiger partial charge on any atom is -0.425 e. The Hall–Kier alpha value is -1.45. The number of hydrogen-bond acceptors (Lipinski definition) is 3. The predicted molar refractivity (Wildman–Crippen MR) is 131 cm³/mol.